The summed E-state index contributed by atoms with van der Waals surface area (Å²) in [4.78, 5) is 24.3. The molecule has 3 aromatic carbocycles. The molecule has 2 amide bonds. The predicted octanol–water partition coefficient (Wildman–Crippen LogP) is 4.72. The van der Waals surface area contributed by atoms with E-state index in [0.29, 0.717) is 15.7 Å². The molecule has 3 N–H and O–H groups in total. The van der Waals surface area contributed by atoms with Gasteiger partial charge in [-0.1, -0.05) is 42.5 Å². The Balaban J connectivity index is 2.22. The average Bonchev–Trinajstić information content (AvgIpc) is 2.74. The third kappa shape index (κ3) is 5.08. The van der Waals surface area contributed by atoms with Gasteiger partial charge in [0, 0.05) is 16.6 Å². The summed E-state index contributed by atoms with van der Waals surface area (Å²) in [6.07, 6.45) is 0. The van der Waals surface area contributed by atoms with E-state index in [1.165, 1.54) is 12.1 Å². The highest BCUT2D eigenvalue weighted by Gasteiger charge is 2.27. The second kappa shape index (κ2) is 9.69. The Labute approximate surface area is 188 Å². The molecule has 0 spiro atoms. The number of nitro groups is 1. The second-order valence-corrected chi connectivity index (χ2v) is 8.06. The molecular formula is C20H17BrN4O5S. The molecule has 3 rings (SSSR count). The lowest BCUT2D eigenvalue weighted by Gasteiger charge is -2.28. The molecule has 1 atom stereocenters. The van der Waals surface area contributed by atoms with Gasteiger partial charge in [0.05, 0.1) is 28.5 Å². The lowest BCUT2D eigenvalue weighted by Crippen LogP contribution is -2.34. The topological polar surface area (TPSA) is 130 Å². The van der Waals surface area contributed by atoms with E-state index >= 15 is 0 Å². The van der Waals surface area contributed by atoms with Crippen LogP contribution in [0.25, 0.3) is 0 Å². The summed E-state index contributed by atoms with van der Waals surface area (Å²) >= 11 is 0.806. The molecule has 0 fully saturated rings. The highest BCUT2D eigenvalue weighted by atomic mass is 79.9. The lowest BCUT2D eigenvalue weighted by atomic mass is 10.1. The van der Waals surface area contributed by atoms with Crippen molar-refractivity contribution in [1.29, 1.82) is 0 Å². The van der Waals surface area contributed by atoms with E-state index in [4.69, 9.17) is 5.73 Å². The molecule has 160 valence electrons. The van der Waals surface area contributed by atoms with Crippen molar-refractivity contribution in [3.05, 3.63) is 92.9 Å². The van der Waals surface area contributed by atoms with Crippen LogP contribution >= 0.6 is 15.9 Å². The zero-order chi connectivity index (χ0) is 22.5. The van der Waals surface area contributed by atoms with Gasteiger partial charge in [0.25, 0.3) is 17.0 Å². The first-order chi connectivity index (χ1) is 14.8. The minimum Gasteiger partial charge on any atom is -0.351 e. The Bertz CT molecular complexity index is 1150. The zero-order valence-corrected chi connectivity index (χ0v) is 18.3. The second-order valence-electron chi connectivity index (χ2n) is 6.31. The van der Waals surface area contributed by atoms with Gasteiger partial charge < -0.3 is 5.73 Å². The molecule has 9 nitrogen and oxygen atoms in total. The number of urea groups is 1. The van der Waals surface area contributed by atoms with E-state index in [0.717, 1.165) is 15.3 Å². The third-order valence-corrected chi connectivity index (χ3v) is 5.72. The lowest BCUT2D eigenvalue weighted by molar-refractivity contribution is -0.384. The maximum atomic E-state index is 12.4. The number of para-hydroxylation sites is 1. The number of carbonyl (C=O) groups is 1. The number of benzene rings is 3. The molecule has 11 heteroatoms. The van der Waals surface area contributed by atoms with Gasteiger partial charge in [0.2, 0.25) is 0 Å². The molecule has 0 saturated heterocycles. The number of nitrogens with zero attached hydrogens (tertiary/aromatic N) is 3. The molecule has 31 heavy (non-hydrogen) atoms. The average molecular weight is 505 g/mol. The number of hydrogen-bond acceptors (Lipinski definition) is 4. The molecular weight excluding hydrogens is 488 g/mol. The van der Waals surface area contributed by atoms with Crippen LogP contribution in [0.1, 0.15) is 5.56 Å². The van der Waals surface area contributed by atoms with Crippen LogP contribution in [-0.2, 0) is 17.8 Å². The van der Waals surface area contributed by atoms with E-state index in [-0.39, 0.29) is 23.6 Å². The summed E-state index contributed by atoms with van der Waals surface area (Å²) < 4.78 is 23.9. The highest BCUT2D eigenvalue weighted by Crippen LogP contribution is 2.40. The van der Waals surface area contributed by atoms with Crippen LogP contribution in [0.15, 0.2) is 77.3 Å². The molecule has 3 aromatic rings. The monoisotopic (exact) mass is 504 g/mol. The van der Waals surface area contributed by atoms with Gasteiger partial charge in [-0.05, 0) is 39.7 Å². The van der Waals surface area contributed by atoms with E-state index in [1.54, 1.807) is 54.6 Å². The molecule has 0 aliphatic carbocycles. The number of non-ortho nitro benzene ring substituents is 1. The Morgan fingerprint density at radius 3 is 2.26 bits per heavy atom. The van der Waals surface area contributed by atoms with Crippen LogP contribution in [-0.4, -0.2) is 19.7 Å². The van der Waals surface area contributed by atoms with E-state index in [2.05, 4.69) is 15.9 Å². The number of carbonyl (C=O) groups excluding carboxylic acids is 1. The summed E-state index contributed by atoms with van der Waals surface area (Å²) in [6.45, 7) is -0.0410. The largest absolute Gasteiger partial charge is 0.351 e. The van der Waals surface area contributed by atoms with Crippen molar-refractivity contribution in [3.8, 4) is 0 Å². The standard InChI is InChI=1S/C20H17BrN4O5S/c21-16-8-4-5-9-17(16)24(20(22)26)18-11-10-15(25(27)28)12-19(18)23(31(29)30)13-14-6-2-1-3-7-14/h1-12H,13H2,(H2,22,26)(H,29,30). The first-order valence-electron chi connectivity index (χ1n) is 8.84. The molecule has 0 aromatic heterocycles. The summed E-state index contributed by atoms with van der Waals surface area (Å²) in [7, 11) is 0. The Morgan fingerprint density at radius 1 is 1.03 bits per heavy atom. The molecule has 1 unspecified atom stereocenters. The normalized spacial score (nSPS) is 11.5. The SMILES string of the molecule is NC(=O)N(c1ccccc1Br)c1ccc([N+](=O)[O-])cc1N(Cc1ccccc1)S(=O)O. The number of nitro benzene ring substituents is 1. The van der Waals surface area contributed by atoms with Crippen LogP contribution in [0.2, 0.25) is 0 Å². The minimum absolute atomic E-state index is 0.00607. The van der Waals surface area contributed by atoms with Crippen molar-refractivity contribution in [2.24, 2.45) is 5.73 Å². The molecule has 0 aliphatic rings. The smallest absolute Gasteiger partial charge is 0.323 e. The number of rotatable bonds is 7. The fraction of sp³-hybridized carbons (Fsp3) is 0.0500. The summed E-state index contributed by atoms with van der Waals surface area (Å²) in [6, 6.07) is 18.4. The number of primary amides is 1. The van der Waals surface area contributed by atoms with Crippen molar-refractivity contribution in [2.75, 3.05) is 9.21 Å². The van der Waals surface area contributed by atoms with Crippen LogP contribution < -0.4 is 14.9 Å². The first-order valence-corrected chi connectivity index (χ1v) is 10.7. The van der Waals surface area contributed by atoms with Gasteiger partial charge >= 0.3 is 6.03 Å². The molecule has 0 aliphatic heterocycles. The predicted molar refractivity (Wildman–Crippen MR) is 122 cm³/mol. The van der Waals surface area contributed by atoms with Gasteiger partial charge in [-0.3, -0.25) is 23.9 Å². The molecule has 0 heterocycles. The summed E-state index contributed by atoms with van der Waals surface area (Å²) in [5.41, 5.74) is 6.50. The van der Waals surface area contributed by atoms with Crippen LogP contribution in [0.4, 0.5) is 27.5 Å². The first kappa shape index (κ1) is 22.4. The van der Waals surface area contributed by atoms with E-state index in [1.807, 2.05) is 0 Å². The minimum atomic E-state index is -2.56. The quantitative estimate of drug-likeness (QED) is 0.273. The number of hydrogen-bond donors (Lipinski definition) is 2. The van der Waals surface area contributed by atoms with Crippen LogP contribution in [0.5, 0.6) is 0 Å². The Hall–Kier alpha value is -3.28. The van der Waals surface area contributed by atoms with Gasteiger partial charge in [-0.2, -0.15) is 0 Å². The van der Waals surface area contributed by atoms with Crippen molar-refractivity contribution in [2.45, 2.75) is 6.54 Å². The fourth-order valence-corrected chi connectivity index (χ4v) is 4.02. The maximum Gasteiger partial charge on any atom is 0.323 e. The van der Waals surface area contributed by atoms with Crippen molar-refractivity contribution >= 4 is 56.0 Å². The van der Waals surface area contributed by atoms with E-state index in [9.17, 15) is 23.7 Å². The Kier molecular flexibility index (Phi) is 7.00. The fourth-order valence-electron chi connectivity index (χ4n) is 2.99. The molecule has 0 bridgehead atoms. The Morgan fingerprint density at radius 2 is 1.68 bits per heavy atom. The summed E-state index contributed by atoms with van der Waals surface area (Å²) in [5, 5.41) is 11.4. The van der Waals surface area contributed by atoms with Gasteiger partial charge in [0.15, 0.2) is 0 Å². The van der Waals surface area contributed by atoms with E-state index < -0.39 is 22.2 Å². The van der Waals surface area contributed by atoms with Gasteiger partial charge in [-0.25, -0.2) is 9.00 Å². The van der Waals surface area contributed by atoms with Gasteiger partial charge in [0.1, 0.15) is 0 Å². The number of anilines is 3. The third-order valence-electron chi connectivity index (χ3n) is 4.35. The van der Waals surface area contributed by atoms with Crippen LogP contribution in [0, 0.1) is 10.1 Å². The van der Waals surface area contributed by atoms with Crippen LogP contribution in [0.3, 0.4) is 0 Å². The highest BCUT2D eigenvalue weighted by molar-refractivity contribution is 9.10. The maximum absolute atomic E-state index is 12.4. The summed E-state index contributed by atoms with van der Waals surface area (Å²) in [5.74, 6) is 0. The van der Waals surface area contributed by atoms with Crippen molar-refractivity contribution in [1.82, 2.24) is 0 Å². The molecule has 0 radical (unpaired) electrons. The number of halogens is 1. The number of amides is 2. The van der Waals surface area contributed by atoms with Crippen molar-refractivity contribution < 1.29 is 18.5 Å². The van der Waals surface area contributed by atoms with Gasteiger partial charge in [-0.15, -0.1) is 0 Å². The molecule has 0 saturated carbocycles. The van der Waals surface area contributed by atoms with Crippen molar-refractivity contribution in [3.63, 3.8) is 0 Å². The zero-order valence-electron chi connectivity index (χ0n) is 15.9. The number of nitrogens with two attached hydrogens (primary N) is 1.